The van der Waals surface area contributed by atoms with Crippen molar-refractivity contribution < 1.29 is 19.0 Å². The highest BCUT2D eigenvalue weighted by Gasteiger charge is 2.39. The molecule has 4 heteroatoms. The summed E-state index contributed by atoms with van der Waals surface area (Å²) in [5.41, 5.74) is 1.06. The van der Waals surface area contributed by atoms with Gasteiger partial charge in [-0.05, 0) is 12.8 Å². The zero-order valence-corrected chi connectivity index (χ0v) is 8.95. The molecule has 15 heavy (non-hydrogen) atoms. The third-order valence-electron chi connectivity index (χ3n) is 2.89. The second kappa shape index (κ2) is 4.33. The van der Waals surface area contributed by atoms with Crippen molar-refractivity contribution in [2.45, 2.75) is 31.5 Å². The smallest absolute Gasteiger partial charge is 0.330 e. The number of methoxy groups -OCH3 is 1. The Hall–Kier alpha value is -0.870. The number of hydrogen-bond acceptors (Lipinski definition) is 4. The Morgan fingerprint density at radius 3 is 2.87 bits per heavy atom. The van der Waals surface area contributed by atoms with Gasteiger partial charge in [-0.25, -0.2) is 4.79 Å². The van der Waals surface area contributed by atoms with Crippen LogP contribution >= 0.6 is 0 Å². The van der Waals surface area contributed by atoms with Crippen LogP contribution in [0.3, 0.4) is 0 Å². The molecule has 0 radical (unpaired) electrons. The van der Waals surface area contributed by atoms with Gasteiger partial charge < -0.3 is 14.2 Å². The van der Waals surface area contributed by atoms with Gasteiger partial charge in [-0.1, -0.05) is 5.57 Å². The largest absolute Gasteiger partial charge is 0.466 e. The number of rotatable bonds is 1. The molecule has 0 aromatic carbocycles. The first-order valence-corrected chi connectivity index (χ1v) is 5.29. The lowest BCUT2D eigenvalue weighted by Crippen LogP contribution is -2.33. The fourth-order valence-corrected chi connectivity index (χ4v) is 2.20. The Balaban J connectivity index is 2.03. The van der Waals surface area contributed by atoms with Crippen LogP contribution in [0.15, 0.2) is 11.6 Å². The van der Waals surface area contributed by atoms with Crippen molar-refractivity contribution in [1.82, 2.24) is 0 Å². The molecule has 0 N–H and O–H groups in total. The van der Waals surface area contributed by atoms with E-state index in [1.165, 1.54) is 7.11 Å². The molecule has 1 saturated heterocycles. The van der Waals surface area contributed by atoms with Crippen molar-refractivity contribution in [3.63, 3.8) is 0 Å². The summed E-state index contributed by atoms with van der Waals surface area (Å²) in [6.07, 6.45) is 5.12. The Labute approximate surface area is 89.2 Å². The van der Waals surface area contributed by atoms with Crippen molar-refractivity contribution in [3.8, 4) is 0 Å². The lowest BCUT2D eigenvalue weighted by Gasteiger charge is -2.32. The minimum absolute atomic E-state index is 0.292. The Morgan fingerprint density at radius 1 is 1.47 bits per heavy atom. The van der Waals surface area contributed by atoms with Crippen LogP contribution in [0.5, 0.6) is 0 Å². The van der Waals surface area contributed by atoms with Gasteiger partial charge in [0.25, 0.3) is 0 Å². The second-order valence-corrected chi connectivity index (χ2v) is 3.96. The Morgan fingerprint density at radius 2 is 2.20 bits per heavy atom. The molecule has 1 heterocycles. The summed E-state index contributed by atoms with van der Waals surface area (Å²) < 4.78 is 15.8. The Bertz CT molecular complexity index is 276. The van der Waals surface area contributed by atoms with Crippen molar-refractivity contribution in [2.75, 3.05) is 20.3 Å². The highest BCUT2D eigenvalue weighted by Crippen LogP contribution is 2.38. The minimum Gasteiger partial charge on any atom is -0.466 e. The molecule has 0 aromatic heterocycles. The highest BCUT2D eigenvalue weighted by molar-refractivity contribution is 5.82. The van der Waals surface area contributed by atoms with E-state index < -0.39 is 5.79 Å². The summed E-state index contributed by atoms with van der Waals surface area (Å²) in [6, 6.07) is 0. The number of esters is 1. The van der Waals surface area contributed by atoms with Crippen LogP contribution in [-0.2, 0) is 19.0 Å². The predicted molar refractivity (Wildman–Crippen MR) is 53.2 cm³/mol. The predicted octanol–water partition coefficient (Wildman–Crippen LogP) is 1.40. The molecule has 1 aliphatic heterocycles. The van der Waals surface area contributed by atoms with Crippen LogP contribution < -0.4 is 0 Å². The van der Waals surface area contributed by atoms with E-state index in [9.17, 15) is 4.79 Å². The number of carbonyl (C=O) groups is 1. The van der Waals surface area contributed by atoms with Gasteiger partial charge in [-0.2, -0.15) is 0 Å². The van der Waals surface area contributed by atoms with Crippen molar-refractivity contribution in [3.05, 3.63) is 11.6 Å². The summed E-state index contributed by atoms with van der Waals surface area (Å²) in [4.78, 5) is 11.1. The molecular formula is C11H16O4. The molecule has 0 unspecified atom stereocenters. The van der Waals surface area contributed by atoms with Gasteiger partial charge in [0.05, 0.1) is 20.3 Å². The number of hydrogen-bond donors (Lipinski definition) is 0. The van der Waals surface area contributed by atoms with Crippen molar-refractivity contribution in [1.29, 1.82) is 0 Å². The molecule has 0 amide bonds. The average molecular weight is 212 g/mol. The van der Waals surface area contributed by atoms with Crippen LogP contribution in [-0.4, -0.2) is 32.1 Å². The first-order chi connectivity index (χ1) is 7.24. The lowest BCUT2D eigenvalue weighted by atomic mass is 9.89. The van der Waals surface area contributed by atoms with E-state index in [4.69, 9.17) is 9.47 Å². The molecule has 1 spiro atoms. The number of ether oxygens (including phenoxy) is 3. The zero-order chi connectivity index (χ0) is 10.7. The zero-order valence-electron chi connectivity index (χ0n) is 8.95. The summed E-state index contributed by atoms with van der Waals surface area (Å²) in [6.45, 7) is 1.32. The van der Waals surface area contributed by atoms with E-state index in [1.807, 2.05) is 0 Å². The minimum atomic E-state index is -0.446. The van der Waals surface area contributed by atoms with E-state index in [0.29, 0.717) is 19.6 Å². The monoisotopic (exact) mass is 212 g/mol. The molecule has 0 atom stereocenters. The normalized spacial score (nSPS) is 27.1. The molecule has 0 aromatic rings. The average Bonchev–Trinajstić information content (AvgIpc) is 2.66. The van der Waals surface area contributed by atoms with Crippen LogP contribution in [0.1, 0.15) is 25.7 Å². The summed E-state index contributed by atoms with van der Waals surface area (Å²) in [5.74, 6) is -0.738. The van der Waals surface area contributed by atoms with E-state index in [1.54, 1.807) is 6.08 Å². The first-order valence-electron chi connectivity index (χ1n) is 5.29. The molecule has 1 saturated carbocycles. The quantitative estimate of drug-likeness (QED) is 0.487. The molecule has 2 fully saturated rings. The van der Waals surface area contributed by atoms with Gasteiger partial charge in [0.15, 0.2) is 5.79 Å². The van der Waals surface area contributed by atoms with E-state index >= 15 is 0 Å². The van der Waals surface area contributed by atoms with Gasteiger partial charge in [-0.15, -0.1) is 0 Å². The fraction of sp³-hybridized carbons (Fsp3) is 0.727. The SMILES string of the molecule is COC(=O)/C=C1/CCCC2(C1)OCCO2. The lowest BCUT2D eigenvalue weighted by molar-refractivity contribution is -0.167. The second-order valence-electron chi connectivity index (χ2n) is 3.96. The molecular weight excluding hydrogens is 196 g/mol. The molecule has 2 aliphatic rings. The molecule has 84 valence electrons. The summed E-state index contributed by atoms with van der Waals surface area (Å²) in [7, 11) is 1.39. The third-order valence-corrected chi connectivity index (χ3v) is 2.89. The maximum absolute atomic E-state index is 11.1. The van der Waals surface area contributed by atoms with Gasteiger partial charge in [0, 0.05) is 18.9 Å². The van der Waals surface area contributed by atoms with Crippen LogP contribution in [0.2, 0.25) is 0 Å². The maximum atomic E-state index is 11.1. The molecule has 0 bridgehead atoms. The Kier molecular flexibility index (Phi) is 3.07. The molecule has 4 nitrogen and oxygen atoms in total. The van der Waals surface area contributed by atoms with Gasteiger partial charge in [0.2, 0.25) is 0 Å². The fourth-order valence-electron chi connectivity index (χ4n) is 2.20. The van der Waals surface area contributed by atoms with Gasteiger partial charge in [0.1, 0.15) is 0 Å². The summed E-state index contributed by atoms with van der Waals surface area (Å²) in [5, 5.41) is 0. The van der Waals surface area contributed by atoms with Crippen LogP contribution in [0.25, 0.3) is 0 Å². The first kappa shape index (κ1) is 10.6. The van der Waals surface area contributed by atoms with Crippen LogP contribution in [0, 0.1) is 0 Å². The maximum Gasteiger partial charge on any atom is 0.330 e. The van der Waals surface area contributed by atoms with Gasteiger partial charge in [-0.3, -0.25) is 0 Å². The molecule has 1 aliphatic carbocycles. The highest BCUT2D eigenvalue weighted by atomic mass is 16.7. The van der Waals surface area contributed by atoms with Crippen molar-refractivity contribution in [2.24, 2.45) is 0 Å². The van der Waals surface area contributed by atoms with E-state index in [-0.39, 0.29) is 5.97 Å². The summed E-state index contributed by atoms with van der Waals surface area (Å²) >= 11 is 0. The van der Waals surface area contributed by atoms with Crippen LogP contribution in [0.4, 0.5) is 0 Å². The van der Waals surface area contributed by atoms with Crippen molar-refractivity contribution >= 4 is 5.97 Å². The van der Waals surface area contributed by atoms with E-state index in [2.05, 4.69) is 4.74 Å². The topological polar surface area (TPSA) is 44.8 Å². The third kappa shape index (κ3) is 2.38. The molecule has 2 rings (SSSR count). The van der Waals surface area contributed by atoms with Gasteiger partial charge >= 0.3 is 5.97 Å². The van der Waals surface area contributed by atoms with E-state index in [0.717, 1.165) is 24.8 Å². The standard InChI is InChI=1S/C11H16O4/c1-13-10(12)7-9-3-2-4-11(8-9)14-5-6-15-11/h7H,2-6,8H2,1H3/b9-7-. The number of carbonyl (C=O) groups excluding carboxylic acids is 1.